The molecule has 0 spiro atoms. The lowest BCUT2D eigenvalue weighted by atomic mass is 9.95. The largest absolute Gasteiger partial charge is 0.334 e. The molecule has 1 aromatic rings. The highest BCUT2D eigenvalue weighted by Crippen LogP contribution is 2.32. The first-order valence-corrected chi connectivity index (χ1v) is 6.18. The van der Waals surface area contributed by atoms with Crippen LogP contribution in [-0.2, 0) is 7.05 Å². The summed E-state index contributed by atoms with van der Waals surface area (Å²) in [6.45, 7) is 5.10. The zero-order valence-corrected chi connectivity index (χ0v) is 10.3. The van der Waals surface area contributed by atoms with Gasteiger partial charge in [-0.1, -0.05) is 0 Å². The first-order valence-electron chi connectivity index (χ1n) is 6.18. The molecule has 2 saturated heterocycles. The summed E-state index contributed by atoms with van der Waals surface area (Å²) in [4.78, 5) is 14.3. The molecule has 0 saturated carbocycles. The lowest BCUT2D eigenvalue weighted by Crippen LogP contribution is -2.38. The molecule has 2 fully saturated rings. The molecule has 3 unspecified atom stereocenters. The summed E-state index contributed by atoms with van der Waals surface area (Å²) in [5.41, 5.74) is 0.562. The predicted octanol–water partition coefficient (Wildman–Crippen LogP) is 0.1000. The summed E-state index contributed by atoms with van der Waals surface area (Å²) >= 11 is 0. The van der Waals surface area contributed by atoms with E-state index in [0.29, 0.717) is 23.6 Å². The number of fused-ring (bicyclic) bond motifs is 1. The molecule has 2 aliphatic rings. The monoisotopic (exact) mass is 234 g/mol. The highest BCUT2D eigenvalue weighted by Gasteiger charge is 2.44. The van der Waals surface area contributed by atoms with E-state index in [1.807, 2.05) is 18.1 Å². The van der Waals surface area contributed by atoms with Crippen LogP contribution in [0.1, 0.15) is 17.4 Å². The average Bonchev–Trinajstić information content (AvgIpc) is 2.96. The summed E-state index contributed by atoms with van der Waals surface area (Å²) in [5, 5.41) is 7.59. The van der Waals surface area contributed by atoms with Crippen LogP contribution in [0.25, 0.3) is 0 Å². The maximum absolute atomic E-state index is 12.3. The topological polar surface area (TPSA) is 50.2 Å². The minimum atomic E-state index is 0.0764. The molecule has 0 aromatic carbocycles. The van der Waals surface area contributed by atoms with Crippen LogP contribution < -0.4 is 5.32 Å². The molecule has 2 aliphatic heterocycles. The molecule has 0 aliphatic carbocycles. The second kappa shape index (κ2) is 3.84. The summed E-state index contributed by atoms with van der Waals surface area (Å²) in [6, 6.07) is 2.12. The minimum Gasteiger partial charge on any atom is -0.334 e. The Morgan fingerprint density at radius 3 is 3.00 bits per heavy atom. The van der Waals surface area contributed by atoms with Gasteiger partial charge >= 0.3 is 0 Å². The number of aryl methyl sites for hydroxylation is 1. The van der Waals surface area contributed by atoms with Crippen molar-refractivity contribution in [2.45, 2.75) is 13.0 Å². The Kier molecular flexibility index (Phi) is 2.43. The molecule has 3 atom stereocenters. The Morgan fingerprint density at radius 2 is 2.35 bits per heavy atom. The highest BCUT2D eigenvalue weighted by atomic mass is 16.2. The van der Waals surface area contributed by atoms with E-state index in [-0.39, 0.29) is 5.91 Å². The van der Waals surface area contributed by atoms with Gasteiger partial charge in [0, 0.05) is 38.9 Å². The van der Waals surface area contributed by atoms with Crippen molar-refractivity contribution in [2.24, 2.45) is 18.9 Å². The fourth-order valence-electron chi connectivity index (χ4n) is 3.11. The smallest absolute Gasteiger partial charge is 0.274 e. The summed E-state index contributed by atoms with van der Waals surface area (Å²) in [6.07, 6.45) is 1.82. The summed E-state index contributed by atoms with van der Waals surface area (Å²) in [5.74, 6) is 1.31. The second-order valence-electron chi connectivity index (χ2n) is 5.15. The summed E-state index contributed by atoms with van der Waals surface area (Å²) < 4.78 is 1.68. The van der Waals surface area contributed by atoms with E-state index in [1.165, 1.54) is 0 Å². The number of aromatic nitrogens is 2. The molecule has 3 rings (SSSR count). The Hall–Kier alpha value is -1.36. The summed E-state index contributed by atoms with van der Waals surface area (Å²) in [7, 11) is 1.84. The number of hydrogen-bond donors (Lipinski definition) is 1. The SMILES string of the molecule is CC1C2CNCC2CN1C(=O)c1ccn(C)n1. The van der Waals surface area contributed by atoms with Gasteiger partial charge in [-0.2, -0.15) is 5.10 Å². The molecule has 0 bridgehead atoms. The standard InChI is InChI=1S/C12H18N4O/c1-8-10-6-13-5-9(10)7-16(8)12(17)11-3-4-15(2)14-11/h3-4,8-10,13H,5-7H2,1-2H3. The van der Waals surface area contributed by atoms with E-state index in [1.54, 1.807) is 10.7 Å². The van der Waals surface area contributed by atoms with Gasteiger partial charge in [0.15, 0.2) is 0 Å². The predicted molar refractivity (Wildman–Crippen MR) is 63.6 cm³/mol. The zero-order chi connectivity index (χ0) is 12.0. The van der Waals surface area contributed by atoms with E-state index in [4.69, 9.17) is 0 Å². The van der Waals surface area contributed by atoms with Gasteiger partial charge < -0.3 is 10.2 Å². The van der Waals surface area contributed by atoms with Crippen LogP contribution >= 0.6 is 0 Å². The third-order valence-corrected chi connectivity index (χ3v) is 4.13. The van der Waals surface area contributed by atoms with E-state index < -0.39 is 0 Å². The van der Waals surface area contributed by atoms with Crippen molar-refractivity contribution in [1.29, 1.82) is 0 Å². The maximum atomic E-state index is 12.3. The van der Waals surface area contributed by atoms with Crippen LogP contribution in [0.4, 0.5) is 0 Å². The van der Waals surface area contributed by atoms with Crippen molar-refractivity contribution in [1.82, 2.24) is 20.0 Å². The van der Waals surface area contributed by atoms with E-state index >= 15 is 0 Å². The molecular weight excluding hydrogens is 216 g/mol. The molecule has 1 amide bonds. The van der Waals surface area contributed by atoms with Gasteiger partial charge in [0.05, 0.1) is 0 Å². The lowest BCUT2D eigenvalue weighted by Gasteiger charge is -2.23. The fraction of sp³-hybridized carbons (Fsp3) is 0.667. The zero-order valence-electron chi connectivity index (χ0n) is 10.3. The maximum Gasteiger partial charge on any atom is 0.274 e. The number of hydrogen-bond acceptors (Lipinski definition) is 3. The van der Waals surface area contributed by atoms with Crippen LogP contribution in [0.3, 0.4) is 0 Å². The first kappa shape index (κ1) is 10.8. The lowest BCUT2D eigenvalue weighted by molar-refractivity contribution is 0.0721. The Morgan fingerprint density at radius 1 is 1.53 bits per heavy atom. The van der Waals surface area contributed by atoms with Gasteiger partial charge in [-0.05, 0) is 24.8 Å². The molecule has 1 N–H and O–H groups in total. The molecule has 5 heteroatoms. The quantitative estimate of drug-likeness (QED) is 0.750. The van der Waals surface area contributed by atoms with Crippen LogP contribution in [0.15, 0.2) is 12.3 Å². The third-order valence-electron chi connectivity index (χ3n) is 4.13. The van der Waals surface area contributed by atoms with Crippen LogP contribution in [0.2, 0.25) is 0 Å². The fourth-order valence-corrected chi connectivity index (χ4v) is 3.11. The van der Waals surface area contributed by atoms with Crippen LogP contribution in [0, 0.1) is 11.8 Å². The average molecular weight is 234 g/mol. The van der Waals surface area contributed by atoms with Gasteiger partial charge in [-0.15, -0.1) is 0 Å². The van der Waals surface area contributed by atoms with E-state index in [0.717, 1.165) is 19.6 Å². The van der Waals surface area contributed by atoms with Crippen LogP contribution in [0.5, 0.6) is 0 Å². The number of carbonyl (C=O) groups excluding carboxylic acids is 1. The van der Waals surface area contributed by atoms with Crippen molar-refractivity contribution >= 4 is 5.91 Å². The number of likely N-dealkylation sites (tertiary alicyclic amines) is 1. The number of rotatable bonds is 1. The Balaban J connectivity index is 1.79. The first-order chi connectivity index (χ1) is 8.16. The van der Waals surface area contributed by atoms with Crippen LogP contribution in [-0.4, -0.2) is 46.3 Å². The van der Waals surface area contributed by atoms with Gasteiger partial charge in [0.25, 0.3) is 5.91 Å². The van der Waals surface area contributed by atoms with E-state index in [9.17, 15) is 4.79 Å². The molecule has 0 radical (unpaired) electrons. The second-order valence-corrected chi connectivity index (χ2v) is 5.15. The van der Waals surface area contributed by atoms with Crippen molar-refractivity contribution in [3.8, 4) is 0 Å². The number of nitrogens with one attached hydrogen (secondary N) is 1. The Bertz CT molecular complexity index is 441. The molecule has 92 valence electrons. The van der Waals surface area contributed by atoms with E-state index in [2.05, 4.69) is 17.3 Å². The Labute approximate surface area is 101 Å². The molecule has 3 heterocycles. The molecule has 5 nitrogen and oxygen atoms in total. The van der Waals surface area contributed by atoms with Gasteiger partial charge in [-0.3, -0.25) is 9.48 Å². The number of amides is 1. The van der Waals surface area contributed by atoms with Gasteiger partial charge in [0.2, 0.25) is 0 Å². The number of nitrogens with zero attached hydrogens (tertiary/aromatic N) is 3. The molecule has 17 heavy (non-hydrogen) atoms. The number of carbonyl (C=O) groups is 1. The molecule has 1 aromatic heterocycles. The minimum absolute atomic E-state index is 0.0764. The van der Waals surface area contributed by atoms with Gasteiger partial charge in [-0.25, -0.2) is 0 Å². The van der Waals surface area contributed by atoms with Crippen molar-refractivity contribution in [2.75, 3.05) is 19.6 Å². The van der Waals surface area contributed by atoms with Gasteiger partial charge in [0.1, 0.15) is 5.69 Å². The normalized spacial score (nSPS) is 31.9. The highest BCUT2D eigenvalue weighted by molar-refractivity contribution is 5.92. The van der Waals surface area contributed by atoms with Crippen molar-refractivity contribution in [3.05, 3.63) is 18.0 Å². The van der Waals surface area contributed by atoms with Crippen molar-refractivity contribution in [3.63, 3.8) is 0 Å². The van der Waals surface area contributed by atoms with Crippen molar-refractivity contribution < 1.29 is 4.79 Å². The third kappa shape index (κ3) is 1.65. The molecular formula is C12H18N4O.